The molecule has 96 valence electrons. The van der Waals surface area contributed by atoms with Crippen molar-refractivity contribution >= 4 is 17.4 Å². The lowest BCUT2D eigenvalue weighted by Gasteiger charge is -2.29. The molecule has 0 bridgehead atoms. The fraction of sp³-hybridized carbons (Fsp3) is 0.571. The van der Waals surface area contributed by atoms with Crippen LogP contribution in [0.4, 0.5) is 5.69 Å². The Morgan fingerprint density at radius 1 is 1.35 bits per heavy atom. The Morgan fingerprint density at radius 3 is 2.71 bits per heavy atom. The van der Waals surface area contributed by atoms with E-state index in [1.54, 1.807) is 0 Å². The molecular formula is C14H24N2S. The van der Waals surface area contributed by atoms with Crippen molar-refractivity contribution in [2.75, 3.05) is 31.0 Å². The van der Waals surface area contributed by atoms with E-state index in [0.29, 0.717) is 6.04 Å². The van der Waals surface area contributed by atoms with Gasteiger partial charge in [-0.15, -0.1) is 0 Å². The Kier molecular flexibility index (Phi) is 6.45. The number of rotatable bonds is 7. The first-order chi connectivity index (χ1) is 8.20. The highest BCUT2D eigenvalue weighted by Gasteiger charge is 2.12. The normalized spacial score (nSPS) is 12.5. The minimum absolute atomic E-state index is 0.584. The lowest BCUT2D eigenvalue weighted by molar-refractivity contribution is 0.664. The van der Waals surface area contributed by atoms with E-state index < -0.39 is 0 Å². The highest BCUT2D eigenvalue weighted by molar-refractivity contribution is 7.98. The molecule has 0 aliphatic heterocycles. The highest BCUT2D eigenvalue weighted by Crippen LogP contribution is 2.22. The van der Waals surface area contributed by atoms with E-state index in [1.807, 2.05) is 18.8 Å². The zero-order valence-corrected chi connectivity index (χ0v) is 12.2. The largest absolute Gasteiger partial charge is 0.372 e. The van der Waals surface area contributed by atoms with Crippen molar-refractivity contribution in [2.24, 2.45) is 0 Å². The minimum Gasteiger partial charge on any atom is -0.372 e. The van der Waals surface area contributed by atoms with Crippen LogP contribution in [0.2, 0.25) is 0 Å². The fourth-order valence-corrected chi connectivity index (χ4v) is 2.49. The molecule has 0 amide bonds. The zero-order valence-electron chi connectivity index (χ0n) is 11.4. The highest BCUT2D eigenvalue weighted by atomic mass is 32.2. The van der Waals surface area contributed by atoms with Crippen LogP contribution < -0.4 is 10.2 Å². The number of anilines is 1. The first kappa shape index (κ1) is 14.4. The molecule has 0 fully saturated rings. The van der Waals surface area contributed by atoms with Gasteiger partial charge >= 0.3 is 0 Å². The van der Waals surface area contributed by atoms with E-state index in [0.717, 1.165) is 6.54 Å². The number of para-hydroxylation sites is 1. The molecule has 0 aliphatic rings. The van der Waals surface area contributed by atoms with Crippen LogP contribution >= 0.6 is 11.8 Å². The summed E-state index contributed by atoms with van der Waals surface area (Å²) in [4.78, 5) is 2.39. The number of hydrogen-bond donors (Lipinski definition) is 1. The van der Waals surface area contributed by atoms with Crippen LogP contribution in [0.5, 0.6) is 0 Å². The van der Waals surface area contributed by atoms with Crippen molar-refractivity contribution in [3.05, 3.63) is 29.8 Å². The van der Waals surface area contributed by atoms with Gasteiger partial charge in [-0.3, -0.25) is 0 Å². The van der Waals surface area contributed by atoms with Crippen LogP contribution in [0.15, 0.2) is 24.3 Å². The van der Waals surface area contributed by atoms with Gasteiger partial charge in [0.25, 0.3) is 0 Å². The van der Waals surface area contributed by atoms with Crippen LogP contribution in [0.3, 0.4) is 0 Å². The summed E-state index contributed by atoms with van der Waals surface area (Å²) in [5.74, 6) is 1.22. The maximum Gasteiger partial charge on any atom is 0.0411 e. The Morgan fingerprint density at radius 2 is 2.06 bits per heavy atom. The monoisotopic (exact) mass is 252 g/mol. The maximum absolute atomic E-state index is 3.23. The summed E-state index contributed by atoms with van der Waals surface area (Å²) in [5, 5.41) is 3.23. The lowest BCUT2D eigenvalue weighted by Crippen LogP contribution is -2.30. The average Bonchev–Trinajstić information content (AvgIpc) is 2.36. The van der Waals surface area contributed by atoms with E-state index >= 15 is 0 Å². The molecule has 1 aromatic carbocycles. The molecule has 1 unspecified atom stereocenters. The molecule has 0 saturated heterocycles. The van der Waals surface area contributed by atoms with E-state index in [2.05, 4.69) is 54.7 Å². The summed E-state index contributed by atoms with van der Waals surface area (Å²) in [7, 11) is 4.19. The molecule has 3 heteroatoms. The molecule has 0 spiro atoms. The number of nitrogens with zero attached hydrogens (tertiary/aromatic N) is 1. The molecule has 0 radical (unpaired) electrons. The van der Waals surface area contributed by atoms with E-state index in [4.69, 9.17) is 0 Å². The van der Waals surface area contributed by atoms with Gasteiger partial charge in [-0.2, -0.15) is 11.8 Å². The third kappa shape index (κ3) is 4.25. The van der Waals surface area contributed by atoms with Gasteiger partial charge in [0.2, 0.25) is 0 Å². The zero-order chi connectivity index (χ0) is 12.7. The number of hydrogen-bond acceptors (Lipinski definition) is 3. The van der Waals surface area contributed by atoms with Crippen molar-refractivity contribution in [1.82, 2.24) is 5.32 Å². The first-order valence-electron chi connectivity index (χ1n) is 6.15. The Balaban J connectivity index is 2.76. The summed E-state index contributed by atoms with van der Waals surface area (Å²) in [6.07, 6.45) is 3.40. The summed E-state index contributed by atoms with van der Waals surface area (Å²) in [5.41, 5.74) is 2.71. The topological polar surface area (TPSA) is 15.3 Å². The predicted octanol–water partition coefficient (Wildman–Crippen LogP) is 2.98. The van der Waals surface area contributed by atoms with Gasteiger partial charge < -0.3 is 10.2 Å². The van der Waals surface area contributed by atoms with Gasteiger partial charge in [0.1, 0.15) is 0 Å². The van der Waals surface area contributed by atoms with Gasteiger partial charge in [-0.1, -0.05) is 18.2 Å². The number of thioether (sulfide) groups is 1. The molecule has 0 aliphatic carbocycles. The number of benzene rings is 1. The standard InChI is InChI=1S/C14H24N2S/c1-12(9-10-17-4)16(3)14-8-6-5-7-13(14)11-15-2/h5-8,12,15H,9-11H2,1-4H3. The predicted molar refractivity (Wildman–Crippen MR) is 80.1 cm³/mol. The molecule has 0 aromatic heterocycles. The van der Waals surface area contributed by atoms with Crippen LogP contribution in [0.1, 0.15) is 18.9 Å². The molecule has 1 rings (SSSR count). The second kappa shape index (κ2) is 7.62. The smallest absolute Gasteiger partial charge is 0.0411 e. The van der Waals surface area contributed by atoms with Crippen LogP contribution in [0, 0.1) is 0 Å². The second-order valence-corrected chi connectivity index (χ2v) is 5.39. The summed E-state index contributed by atoms with van der Waals surface area (Å²) < 4.78 is 0. The lowest BCUT2D eigenvalue weighted by atomic mass is 10.1. The molecule has 17 heavy (non-hydrogen) atoms. The van der Waals surface area contributed by atoms with Crippen molar-refractivity contribution in [3.63, 3.8) is 0 Å². The average molecular weight is 252 g/mol. The van der Waals surface area contributed by atoms with Gasteiger partial charge in [-0.05, 0) is 44.0 Å². The third-order valence-electron chi connectivity index (χ3n) is 3.14. The third-order valence-corrected chi connectivity index (χ3v) is 3.78. The second-order valence-electron chi connectivity index (χ2n) is 4.40. The van der Waals surface area contributed by atoms with E-state index in [9.17, 15) is 0 Å². The van der Waals surface area contributed by atoms with E-state index in [-0.39, 0.29) is 0 Å². The van der Waals surface area contributed by atoms with Gasteiger partial charge in [-0.25, -0.2) is 0 Å². The van der Waals surface area contributed by atoms with Crippen LogP contribution in [-0.4, -0.2) is 32.1 Å². The molecule has 1 aromatic rings. The van der Waals surface area contributed by atoms with Crippen LogP contribution in [-0.2, 0) is 6.54 Å². The SMILES string of the molecule is CNCc1ccccc1N(C)C(C)CCSC. The molecule has 1 N–H and O–H groups in total. The van der Waals surface area contributed by atoms with Crippen molar-refractivity contribution in [3.8, 4) is 0 Å². The van der Waals surface area contributed by atoms with Gasteiger partial charge in [0.15, 0.2) is 0 Å². The molecule has 1 atom stereocenters. The summed E-state index contributed by atoms with van der Waals surface area (Å²) in [6.45, 7) is 3.22. The molecule has 2 nitrogen and oxygen atoms in total. The first-order valence-corrected chi connectivity index (χ1v) is 7.54. The van der Waals surface area contributed by atoms with Gasteiger partial charge in [0, 0.05) is 25.3 Å². The maximum atomic E-state index is 3.23. The van der Waals surface area contributed by atoms with Crippen molar-refractivity contribution < 1.29 is 0 Å². The quantitative estimate of drug-likeness (QED) is 0.803. The van der Waals surface area contributed by atoms with Crippen LogP contribution in [0.25, 0.3) is 0 Å². The molecule has 0 heterocycles. The Labute approximate surface area is 110 Å². The number of nitrogens with one attached hydrogen (secondary N) is 1. The molecular weight excluding hydrogens is 228 g/mol. The Hall–Kier alpha value is -0.670. The summed E-state index contributed by atoms with van der Waals surface area (Å²) >= 11 is 1.92. The summed E-state index contributed by atoms with van der Waals surface area (Å²) in [6, 6.07) is 9.22. The molecule has 0 saturated carbocycles. The fourth-order valence-electron chi connectivity index (χ4n) is 1.91. The van der Waals surface area contributed by atoms with Gasteiger partial charge in [0.05, 0.1) is 0 Å². The van der Waals surface area contributed by atoms with Crippen molar-refractivity contribution in [1.29, 1.82) is 0 Å². The Bertz CT molecular complexity index is 328. The minimum atomic E-state index is 0.584. The van der Waals surface area contributed by atoms with Crippen molar-refractivity contribution in [2.45, 2.75) is 25.9 Å². The van der Waals surface area contributed by atoms with E-state index in [1.165, 1.54) is 23.4 Å².